The maximum Gasteiger partial charge on any atom is 0.339 e. The van der Waals surface area contributed by atoms with Crippen LogP contribution in [0.1, 0.15) is 25.0 Å². The molecule has 0 aliphatic rings. The second-order valence-electron chi connectivity index (χ2n) is 11.5. The van der Waals surface area contributed by atoms with Gasteiger partial charge in [0, 0.05) is 34.9 Å². The van der Waals surface area contributed by atoms with E-state index in [-0.39, 0.29) is 22.9 Å². The normalized spacial score (nSPS) is 11.1. The van der Waals surface area contributed by atoms with E-state index in [9.17, 15) is 26.4 Å². The Balaban J connectivity index is 1.22. The molecular formula is C38H34N4O8S2. The summed E-state index contributed by atoms with van der Waals surface area (Å²) in [4.78, 5) is 24.2. The molecule has 5 aromatic carbocycles. The van der Waals surface area contributed by atoms with Gasteiger partial charge in [0.1, 0.15) is 21.3 Å². The number of allylic oxidation sites excluding steroid dienone is 2. The van der Waals surface area contributed by atoms with Crippen molar-refractivity contribution >= 4 is 66.2 Å². The minimum atomic E-state index is -4.54. The van der Waals surface area contributed by atoms with Gasteiger partial charge < -0.3 is 29.6 Å². The molecule has 0 aliphatic heterocycles. The third kappa shape index (κ3) is 9.87. The van der Waals surface area contributed by atoms with E-state index in [0.29, 0.717) is 11.4 Å². The van der Waals surface area contributed by atoms with Crippen LogP contribution in [-0.2, 0) is 20.2 Å². The van der Waals surface area contributed by atoms with E-state index in [2.05, 4.69) is 34.4 Å². The van der Waals surface area contributed by atoms with Crippen molar-refractivity contribution in [2.45, 2.75) is 23.6 Å². The minimum Gasteiger partial charge on any atom is -0.379 e. The topological polar surface area (TPSA) is 169 Å². The summed E-state index contributed by atoms with van der Waals surface area (Å²) in [5.41, 5.74) is 5.15. The highest BCUT2D eigenvalue weighted by Gasteiger charge is 2.23. The second-order valence-corrected chi connectivity index (χ2v) is 14.6. The average molecular weight is 739 g/mol. The zero-order chi connectivity index (χ0) is 37.5. The molecule has 4 N–H and O–H groups in total. The molecule has 0 heterocycles. The number of anilines is 4. The summed E-state index contributed by atoms with van der Waals surface area (Å²) < 4.78 is 63.3. The lowest BCUT2D eigenvalue weighted by molar-refractivity contribution is 0.261. The largest absolute Gasteiger partial charge is 0.379 e. The number of benzene rings is 5. The van der Waals surface area contributed by atoms with Gasteiger partial charge >= 0.3 is 32.3 Å². The van der Waals surface area contributed by atoms with Crippen LogP contribution in [0, 0.1) is 0 Å². The first kappa shape index (κ1) is 36.9. The van der Waals surface area contributed by atoms with Crippen molar-refractivity contribution in [3.05, 3.63) is 146 Å². The molecule has 0 unspecified atom stereocenters. The van der Waals surface area contributed by atoms with Crippen molar-refractivity contribution in [3.63, 3.8) is 0 Å². The first-order valence-corrected chi connectivity index (χ1v) is 18.4. The SMILES string of the molecule is C=C(C)c1ccc(NC(=O)Nc2cccc(OS(=O)(=O)c3cccc(S(=O)(=O)Oc4cccc(NC(=O)Nc5ccc(C(=C)C)cc5)c4)c3)c2)cc1. The van der Waals surface area contributed by atoms with E-state index in [1.807, 2.05) is 38.1 Å². The summed E-state index contributed by atoms with van der Waals surface area (Å²) in [6, 6.07) is 28.8. The van der Waals surface area contributed by atoms with Crippen LogP contribution in [-0.4, -0.2) is 28.9 Å². The van der Waals surface area contributed by atoms with E-state index in [1.165, 1.54) is 54.6 Å². The lowest BCUT2D eigenvalue weighted by Crippen LogP contribution is -2.19. The Morgan fingerprint density at radius 2 is 0.827 bits per heavy atom. The van der Waals surface area contributed by atoms with Crippen LogP contribution in [0.5, 0.6) is 11.5 Å². The van der Waals surface area contributed by atoms with E-state index in [0.717, 1.165) is 40.5 Å². The molecule has 0 fully saturated rings. The fourth-order valence-corrected chi connectivity index (χ4v) is 6.66. The van der Waals surface area contributed by atoms with Crippen LogP contribution in [0.15, 0.2) is 144 Å². The Morgan fingerprint density at radius 3 is 1.19 bits per heavy atom. The van der Waals surface area contributed by atoms with Gasteiger partial charge in [-0.15, -0.1) is 0 Å². The Morgan fingerprint density at radius 1 is 0.481 bits per heavy atom. The minimum absolute atomic E-state index is 0.134. The van der Waals surface area contributed by atoms with Crippen molar-refractivity contribution in [1.82, 2.24) is 0 Å². The monoisotopic (exact) mass is 738 g/mol. The van der Waals surface area contributed by atoms with Crippen molar-refractivity contribution in [2.75, 3.05) is 21.3 Å². The van der Waals surface area contributed by atoms with Crippen molar-refractivity contribution in [2.24, 2.45) is 0 Å². The number of carbonyl (C=O) groups is 2. The summed E-state index contributed by atoms with van der Waals surface area (Å²) in [5, 5.41) is 10.6. The lowest BCUT2D eigenvalue weighted by Gasteiger charge is -2.12. The van der Waals surface area contributed by atoms with Gasteiger partial charge in [-0.2, -0.15) is 16.8 Å². The quantitative estimate of drug-likeness (QED) is 0.0923. The van der Waals surface area contributed by atoms with Gasteiger partial charge in [0.15, 0.2) is 0 Å². The molecule has 52 heavy (non-hydrogen) atoms. The van der Waals surface area contributed by atoms with Crippen LogP contribution in [0.4, 0.5) is 32.3 Å². The smallest absolute Gasteiger partial charge is 0.339 e. The number of hydrogen-bond donors (Lipinski definition) is 4. The highest BCUT2D eigenvalue weighted by atomic mass is 32.2. The molecule has 12 nitrogen and oxygen atoms in total. The number of nitrogens with one attached hydrogen (secondary N) is 4. The Labute approximate surface area is 302 Å². The van der Waals surface area contributed by atoms with Gasteiger partial charge in [0.25, 0.3) is 0 Å². The molecule has 0 saturated carbocycles. The van der Waals surface area contributed by atoms with Gasteiger partial charge in [0.2, 0.25) is 0 Å². The Bertz CT molecular complexity index is 2210. The third-order valence-corrected chi connectivity index (χ3v) is 9.74. The average Bonchev–Trinajstić information content (AvgIpc) is 3.08. The van der Waals surface area contributed by atoms with E-state index < -0.39 is 42.1 Å². The third-order valence-electron chi connectivity index (χ3n) is 7.25. The molecular weight excluding hydrogens is 705 g/mol. The predicted molar refractivity (Wildman–Crippen MR) is 203 cm³/mol. The number of urea groups is 2. The molecule has 0 bridgehead atoms. The van der Waals surface area contributed by atoms with Crippen LogP contribution < -0.4 is 29.6 Å². The van der Waals surface area contributed by atoms with Crippen molar-refractivity contribution in [3.8, 4) is 11.5 Å². The fourth-order valence-electron chi connectivity index (χ4n) is 4.65. The molecule has 0 radical (unpaired) electrons. The number of carbonyl (C=O) groups excluding carboxylic acids is 2. The maximum atomic E-state index is 13.2. The molecule has 0 aliphatic carbocycles. The molecule has 14 heteroatoms. The van der Waals surface area contributed by atoms with Crippen molar-refractivity contribution in [1.29, 1.82) is 0 Å². The fraction of sp³-hybridized carbons (Fsp3) is 0.0526. The van der Waals surface area contributed by atoms with Gasteiger partial charge in [-0.25, -0.2) is 9.59 Å². The maximum absolute atomic E-state index is 13.2. The molecule has 266 valence electrons. The van der Waals surface area contributed by atoms with Gasteiger partial charge in [0.05, 0.1) is 0 Å². The molecule has 0 atom stereocenters. The Kier molecular flexibility index (Phi) is 11.1. The standard InChI is InChI=1S/C38H34N4O8S2/c1-25(2)27-14-18-29(19-15-27)39-37(43)41-31-8-5-10-33(22-31)49-51(45,46)35-12-7-13-36(24-35)52(47,48)50-34-11-6-9-32(23-34)42-38(44)40-30-20-16-28(17-21-30)26(3)4/h5-24H,1,3H2,2,4H3,(H2,39,41,43)(H2,40,42,44). The summed E-state index contributed by atoms with van der Waals surface area (Å²) in [7, 11) is -9.08. The summed E-state index contributed by atoms with van der Waals surface area (Å²) >= 11 is 0. The van der Waals surface area contributed by atoms with E-state index >= 15 is 0 Å². The Hall–Kier alpha value is -6.38. The van der Waals surface area contributed by atoms with Crippen LogP contribution in [0.25, 0.3) is 11.1 Å². The predicted octanol–water partition coefficient (Wildman–Crippen LogP) is 8.58. The van der Waals surface area contributed by atoms with Gasteiger partial charge in [-0.3, -0.25) is 0 Å². The molecule has 5 rings (SSSR count). The lowest BCUT2D eigenvalue weighted by atomic mass is 10.1. The summed E-state index contributed by atoms with van der Waals surface area (Å²) in [6.07, 6.45) is 0. The van der Waals surface area contributed by atoms with Crippen LogP contribution in [0.3, 0.4) is 0 Å². The molecule has 0 saturated heterocycles. The molecule has 4 amide bonds. The van der Waals surface area contributed by atoms with E-state index in [4.69, 9.17) is 8.37 Å². The molecule has 5 aromatic rings. The summed E-state index contributed by atoms with van der Waals surface area (Å²) in [6.45, 7) is 11.5. The first-order chi connectivity index (χ1) is 24.7. The van der Waals surface area contributed by atoms with Crippen LogP contribution in [0.2, 0.25) is 0 Å². The molecule has 0 aromatic heterocycles. The number of amides is 4. The zero-order valence-corrected chi connectivity index (χ0v) is 29.7. The highest BCUT2D eigenvalue weighted by molar-refractivity contribution is 7.88. The highest BCUT2D eigenvalue weighted by Crippen LogP contribution is 2.27. The molecule has 0 spiro atoms. The van der Waals surface area contributed by atoms with E-state index in [1.54, 1.807) is 24.3 Å². The number of rotatable bonds is 12. The first-order valence-electron chi connectivity index (χ1n) is 15.5. The second kappa shape index (κ2) is 15.7. The van der Waals surface area contributed by atoms with Gasteiger partial charge in [-0.05, 0) is 91.7 Å². The summed E-state index contributed by atoms with van der Waals surface area (Å²) in [5.74, 6) is -0.268. The van der Waals surface area contributed by atoms with Crippen molar-refractivity contribution < 1.29 is 34.8 Å². The zero-order valence-electron chi connectivity index (χ0n) is 28.0. The van der Waals surface area contributed by atoms with Crippen LogP contribution >= 0.6 is 0 Å². The van der Waals surface area contributed by atoms with Gasteiger partial charge in [-0.1, -0.05) is 66.8 Å². The number of hydrogen-bond acceptors (Lipinski definition) is 8.